The fourth-order valence-electron chi connectivity index (χ4n) is 2.94. The van der Waals surface area contributed by atoms with Gasteiger partial charge in [0.25, 0.3) is 0 Å². The Morgan fingerprint density at radius 3 is 2.33 bits per heavy atom. The van der Waals surface area contributed by atoms with Crippen LogP contribution in [0.3, 0.4) is 0 Å². The molecule has 1 atom stereocenters. The molecule has 21 heavy (non-hydrogen) atoms. The van der Waals surface area contributed by atoms with E-state index in [4.69, 9.17) is 0 Å². The van der Waals surface area contributed by atoms with Crippen LogP contribution in [0.25, 0.3) is 0 Å². The predicted molar refractivity (Wildman–Crippen MR) is 82.5 cm³/mol. The van der Waals surface area contributed by atoms with Gasteiger partial charge in [0.2, 0.25) is 5.95 Å². The van der Waals surface area contributed by atoms with Gasteiger partial charge in [0.1, 0.15) is 5.82 Å². The van der Waals surface area contributed by atoms with Gasteiger partial charge in [-0.15, -0.1) is 0 Å². The van der Waals surface area contributed by atoms with Gasteiger partial charge in [-0.3, -0.25) is 0 Å². The van der Waals surface area contributed by atoms with Crippen LogP contribution in [0.5, 0.6) is 0 Å². The van der Waals surface area contributed by atoms with Crippen molar-refractivity contribution < 1.29 is 0 Å². The Labute approximate surface area is 123 Å². The summed E-state index contributed by atoms with van der Waals surface area (Å²) in [6.45, 7) is 2.76. The molecule has 4 rings (SSSR count). The fraction of sp³-hybridized carbons (Fsp3) is 0.176. The van der Waals surface area contributed by atoms with Gasteiger partial charge in [-0.1, -0.05) is 48.5 Å². The first-order chi connectivity index (χ1) is 10.3. The Bertz CT molecular complexity index is 749. The zero-order chi connectivity index (χ0) is 14.2. The average Bonchev–Trinajstić information content (AvgIpc) is 3.05. The molecule has 0 aliphatic carbocycles. The molecule has 1 aliphatic rings. The SMILES string of the molecule is Cc1nc2n(n1)CC(c1ccccc1)N2c1ccccc1. The average molecular weight is 276 g/mol. The van der Waals surface area contributed by atoms with Crippen molar-refractivity contribution in [1.29, 1.82) is 0 Å². The molecular weight excluding hydrogens is 260 g/mol. The van der Waals surface area contributed by atoms with Gasteiger partial charge < -0.3 is 4.90 Å². The van der Waals surface area contributed by atoms with Crippen molar-refractivity contribution in [2.45, 2.75) is 19.5 Å². The van der Waals surface area contributed by atoms with E-state index in [9.17, 15) is 0 Å². The largest absolute Gasteiger partial charge is 0.301 e. The molecule has 1 unspecified atom stereocenters. The Morgan fingerprint density at radius 2 is 1.62 bits per heavy atom. The van der Waals surface area contributed by atoms with Gasteiger partial charge in [-0.05, 0) is 24.6 Å². The molecule has 0 saturated carbocycles. The standard InChI is InChI=1S/C17H16N4/c1-13-18-17-20(19-13)12-16(14-8-4-2-5-9-14)21(17)15-10-6-3-7-11-15/h2-11,16H,12H2,1H3. The van der Waals surface area contributed by atoms with Gasteiger partial charge in [-0.2, -0.15) is 10.1 Å². The Kier molecular flexibility index (Phi) is 2.74. The first-order valence-electron chi connectivity index (χ1n) is 7.13. The van der Waals surface area contributed by atoms with Crippen LogP contribution in [0.1, 0.15) is 17.4 Å². The number of anilines is 2. The predicted octanol–water partition coefficient (Wildman–Crippen LogP) is 3.48. The van der Waals surface area contributed by atoms with Crippen molar-refractivity contribution in [3.63, 3.8) is 0 Å². The van der Waals surface area contributed by atoms with Gasteiger partial charge >= 0.3 is 0 Å². The molecule has 2 heterocycles. The maximum absolute atomic E-state index is 4.60. The third-order valence-corrected chi connectivity index (χ3v) is 3.85. The van der Waals surface area contributed by atoms with Crippen LogP contribution in [-0.4, -0.2) is 14.8 Å². The number of aryl methyl sites for hydroxylation is 1. The zero-order valence-corrected chi connectivity index (χ0v) is 11.8. The smallest absolute Gasteiger partial charge is 0.229 e. The minimum absolute atomic E-state index is 0.240. The van der Waals surface area contributed by atoms with E-state index < -0.39 is 0 Å². The maximum atomic E-state index is 4.60. The van der Waals surface area contributed by atoms with E-state index in [2.05, 4.69) is 63.5 Å². The second-order valence-corrected chi connectivity index (χ2v) is 5.27. The monoisotopic (exact) mass is 276 g/mol. The summed E-state index contributed by atoms with van der Waals surface area (Å²) in [7, 11) is 0. The second-order valence-electron chi connectivity index (χ2n) is 5.27. The molecule has 4 heteroatoms. The Balaban J connectivity index is 1.84. The number of hydrogen-bond donors (Lipinski definition) is 0. The van der Waals surface area contributed by atoms with Crippen LogP contribution >= 0.6 is 0 Å². The minimum atomic E-state index is 0.240. The lowest BCUT2D eigenvalue weighted by atomic mass is 10.1. The molecule has 104 valence electrons. The lowest BCUT2D eigenvalue weighted by Gasteiger charge is -2.25. The van der Waals surface area contributed by atoms with Crippen LogP contribution in [0.2, 0.25) is 0 Å². The number of hydrogen-bond acceptors (Lipinski definition) is 3. The van der Waals surface area contributed by atoms with Crippen molar-refractivity contribution >= 4 is 11.6 Å². The van der Waals surface area contributed by atoms with Crippen molar-refractivity contribution in [3.05, 3.63) is 72.1 Å². The van der Waals surface area contributed by atoms with Crippen LogP contribution in [0, 0.1) is 6.92 Å². The van der Waals surface area contributed by atoms with Crippen molar-refractivity contribution in [2.24, 2.45) is 0 Å². The Morgan fingerprint density at radius 1 is 0.952 bits per heavy atom. The molecule has 0 spiro atoms. The lowest BCUT2D eigenvalue weighted by molar-refractivity contribution is 0.593. The number of rotatable bonds is 2. The molecule has 0 amide bonds. The highest BCUT2D eigenvalue weighted by atomic mass is 15.5. The minimum Gasteiger partial charge on any atom is -0.301 e. The maximum Gasteiger partial charge on any atom is 0.229 e. The summed E-state index contributed by atoms with van der Waals surface area (Å²) in [6, 6.07) is 21.2. The topological polar surface area (TPSA) is 34.0 Å². The van der Waals surface area contributed by atoms with Crippen LogP contribution < -0.4 is 4.90 Å². The first kappa shape index (κ1) is 12.1. The van der Waals surface area contributed by atoms with Gasteiger partial charge in [0.15, 0.2) is 0 Å². The second kappa shape index (κ2) is 4.74. The molecule has 0 radical (unpaired) electrons. The van der Waals surface area contributed by atoms with Gasteiger partial charge in [-0.25, -0.2) is 4.68 Å². The molecule has 0 saturated heterocycles. The summed E-state index contributed by atoms with van der Waals surface area (Å²) in [5, 5.41) is 4.51. The van der Waals surface area contributed by atoms with Crippen LogP contribution in [-0.2, 0) is 6.54 Å². The van der Waals surface area contributed by atoms with Gasteiger partial charge in [0.05, 0.1) is 12.6 Å². The molecule has 2 aromatic carbocycles. The van der Waals surface area contributed by atoms with Crippen molar-refractivity contribution in [2.75, 3.05) is 4.90 Å². The molecular formula is C17H16N4. The van der Waals surface area contributed by atoms with Crippen LogP contribution in [0.4, 0.5) is 11.6 Å². The van der Waals surface area contributed by atoms with E-state index in [1.807, 2.05) is 23.7 Å². The third kappa shape index (κ3) is 2.00. The number of benzene rings is 2. The van der Waals surface area contributed by atoms with Crippen molar-refractivity contribution in [1.82, 2.24) is 14.8 Å². The molecule has 0 bridgehead atoms. The summed E-state index contributed by atoms with van der Waals surface area (Å²) in [4.78, 5) is 6.88. The van der Waals surface area contributed by atoms with E-state index in [0.29, 0.717) is 0 Å². The first-order valence-corrected chi connectivity index (χ1v) is 7.13. The van der Waals surface area contributed by atoms with E-state index in [-0.39, 0.29) is 6.04 Å². The molecule has 1 aromatic heterocycles. The summed E-state index contributed by atoms with van der Waals surface area (Å²) in [5.41, 5.74) is 2.43. The van der Waals surface area contributed by atoms with Gasteiger partial charge in [0, 0.05) is 5.69 Å². The normalized spacial score (nSPS) is 17.0. The summed E-state index contributed by atoms with van der Waals surface area (Å²) >= 11 is 0. The highest BCUT2D eigenvalue weighted by Gasteiger charge is 2.34. The van der Waals surface area contributed by atoms with Crippen molar-refractivity contribution in [3.8, 4) is 0 Å². The highest BCUT2D eigenvalue weighted by Crippen LogP contribution is 2.40. The van der Waals surface area contributed by atoms with E-state index in [1.54, 1.807) is 0 Å². The van der Waals surface area contributed by atoms with Crippen LogP contribution in [0.15, 0.2) is 60.7 Å². The summed E-state index contributed by atoms with van der Waals surface area (Å²) in [6.07, 6.45) is 0. The molecule has 1 aliphatic heterocycles. The molecule has 3 aromatic rings. The highest BCUT2D eigenvalue weighted by molar-refractivity contribution is 5.61. The number of para-hydroxylation sites is 1. The number of fused-ring (bicyclic) bond motifs is 1. The number of aromatic nitrogens is 3. The third-order valence-electron chi connectivity index (χ3n) is 3.85. The summed E-state index contributed by atoms with van der Waals surface area (Å²) < 4.78 is 2.00. The molecule has 0 fully saturated rings. The molecule has 0 N–H and O–H groups in total. The Hall–Kier alpha value is -2.62. The fourth-order valence-corrected chi connectivity index (χ4v) is 2.94. The molecule has 4 nitrogen and oxygen atoms in total. The van der Waals surface area contributed by atoms with E-state index in [1.165, 1.54) is 5.56 Å². The van der Waals surface area contributed by atoms with E-state index >= 15 is 0 Å². The quantitative estimate of drug-likeness (QED) is 0.718. The van der Waals surface area contributed by atoms with E-state index in [0.717, 1.165) is 24.0 Å². The number of nitrogens with zero attached hydrogens (tertiary/aromatic N) is 4. The zero-order valence-electron chi connectivity index (χ0n) is 11.8. The lowest BCUT2D eigenvalue weighted by Crippen LogP contribution is -2.20. The summed E-state index contributed by atoms with van der Waals surface area (Å²) in [5.74, 6) is 1.74.